The van der Waals surface area contributed by atoms with Crippen LogP contribution in [0.25, 0.3) is 0 Å². The Bertz CT molecular complexity index is 513. The fraction of sp³-hybridized carbons (Fsp3) is 0.533. The van der Waals surface area contributed by atoms with Gasteiger partial charge in [-0.05, 0) is 37.1 Å². The van der Waals surface area contributed by atoms with Crippen LogP contribution < -0.4 is 15.4 Å². The van der Waals surface area contributed by atoms with Gasteiger partial charge in [-0.15, -0.1) is 0 Å². The van der Waals surface area contributed by atoms with Crippen LogP contribution in [0.5, 0.6) is 5.75 Å². The Balaban J connectivity index is 1.65. The Morgan fingerprint density at radius 2 is 2.40 bits per heavy atom. The molecule has 0 bridgehead atoms. The van der Waals surface area contributed by atoms with E-state index in [0.29, 0.717) is 6.54 Å². The summed E-state index contributed by atoms with van der Waals surface area (Å²) in [6, 6.07) is 4.13. The monoisotopic (exact) mass is 338 g/mol. The first-order chi connectivity index (χ1) is 9.74. The maximum Gasteiger partial charge on any atom is 0.224 e. The molecule has 1 atom stereocenters. The Labute approximate surface area is 127 Å². The van der Waals surface area contributed by atoms with Gasteiger partial charge in [0.15, 0.2) is 0 Å². The van der Waals surface area contributed by atoms with Gasteiger partial charge in [-0.2, -0.15) is 0 Å². The highest BCUT2D eigenvalue weighted by Crippen LogP contribution is 2.32. The lowest BCUT2D eigenvalue weighted by Gasteiger charge is -2.22. The molecule has 2 aliphatic heterocycles. The molecule has 2 heterocycles. The number of halogens is 1. The number of piperidine rings is 1. The van der Waals surface area contributed by atoms with Crippen LogP contribution in [0.15, 0.2) is 16.6 Å². The SMILES string of the molecule is O=C(NCc1cc(Br)cc2c1OCC2)[C@@H]1CCCNC1. The van der Waals surface area contributed by atoms with Crippen molar-refractivity contribution >= 4 is 21.8 Å². The minimum absolute atomic E-state index is 0.102. The number of nitrogens with one attached hydrogen (secondary N) is 2. The molecular formula is C15H19BrN2O2. The van der Waals surface area contributed by atoms with Crippen LogP contribution in [0, 0.1) is 5.92 Å². The van der Waals surface area contributed by atoms with E-state index in [1.165, 1.54) is 5.56 Å². The molecule has 1 fully saturated rings. The second kappa shape index (κ2) is 6.14. The van der Waals surface area contributed by atoms with Gasteiger partial charge in [-0.3, -0.25) is 4.79 Å². The number of amides is 1. The zero-order chi connectivity index (χ0) is 13.9. The number of rotatable bonds is 3. The summed E-state index contributed by atoms with van der Waals surface area (Å²) in [7, 11) is 0. The summed E-state index contributed by atoms with van der Waals surface area (Å²) in [6.07, 6.45) is 3.00. The van der Waals surface area contributed by atoms with Gasteiger partial charge in [0.2, 0.25) is 5.91 Å². The molecule has 5 heteroatoms. The van der Waals surface area contributed by atoms with Crippen molar-refractivity contribution < 1.29 is 9.53 Å². The van der Waals surface area contributed by atoms with Crippen LogP contribution in [0.1, 0.15) is 24.0 Å². The Morgan fingerprint density at radius 3 is 3.20 bits per heavy atom. The van der Waals surface area contributed by atoms with E-state index >= 15 is 0 Å². The van der Waals surface area contributed by atoms with Crippen LogP contribution in [0.2, 0.25) is 0 Å². The van der Waals surface area contributed by atoms with Crippen molar-refractivity contribution in [3.63, 3.8) is 0 Å². The molecule has 0 saturated carbocycles. The van der Waals surface area contributed by atoms with Crippen LogP contribution in [0.4, 0.5) is 0 Å². The first-order valence-corrected chi connectivity index (χ1v) is 7.96. The molecule has 0 aromatic heterocycles. The molecule has 2 aliphatic rings. The average Bonchev–Trinajstić information content (AvgIpc) is 2.93. The van der Waals surface area contributed by atoms with Crippen molar-refractivity contribution in [2.45, 2.75) is 25.8 Å². The molecule has 4 nitrogen and oxygen atoms in total. The van der Waals surface area contributed by atoms with E-state index in [0.717, 1.165) is 54.7 Å². The van der Waals surface area contributed by atoms with Gasteiger partial charge >= 0.3 is 0 Å². The highest BCUT2D eigenvalue weighted by molar-refractivity contribution is 9.10. The molecule has 0 radical (unpaired) electrons. The third kappa shape index (κ3) is 2.99. The predicted molar refractivity (Wildman–Crippen MR) is 80.8 cm³/mol. The van der Waals surface area contributed by atoms with Gasteiger partial charge in [0.25, 0.3) is 0 Å². The summed E-state index contributed by atoms with van der Waals surface area (Å²) >= 11 is 3.52. The van der Waals surface area contributed by atoms with Crippen LogP contribution in [0.3, 0.4) is 0 Å². The zero-order valence-corrected chi connectivity index (χ0v) is 13.0. The average molecular weight is 339 g/mol. The van der Waals surface area contributed by atoms with Crippen molar-refractivity contribution in [3.05, 3.63) is 27.7 Å². The second-order valence-corrected chi connectivity index (χ2v) is 6.33. The van der Waals surface area contributed by atoms with Crippen molar-refractivity contribution in [3.8, 4) is 5.75 Å². The number of ether oxygens (including phenoxy) is 1. The Kier molecular flexibility index (Phi) is 4.27. The first kappa shape index (κ1) is 13.9. The van der Waals surface area contributed by atoms with E-state index in [2.05, 4.69) is 32.6 Å². The van der Waals surface area contributed by atoms with Crippen LogP contribution in [-0.4, -0.2) is 25.6 Å². The van der Waals surface area contributed by atoms with E-state index in [4.69, 9.17) is 4.74 Å². The molecule has 2 N–H and O–H groups in total. The largest absolute Gasteiger partial charge is 0.493 e. The van der Waals surface area contributed by atoms with Gasteiger partial charge in [-0.1, -0.05) is 15.9 Å². The summed E-state index contributed by atoms with van der Waals surface area (Å²) in [6.45, 7) is 3.09. The molecular weight excluding hydrogens is 320 g/mol. The number of carbonyl (C=O) groups is 1. The quantitative estimate of drug-likeness (QED) is 0.886. The van der Waals surface area contributed by atoms with E-state index in [1.54, 1.807) is 0 Å². The molecule has 0 spiro atoms. The molecule has 3 rings (SSSR count). The van der Waals surface area contributed by atoms with Crippen LogP contribution in [-0.2, 0) is 17.8 Å². The molecule has 108 valence electrons. The summed E-state index contributed by atoms with van der Waals surface area (Å²) in [5.41, 5.74) is 2.28. The third-order valence-corrected chi connectivity index (χ3v) is 4.40. The van der Waals surface area contributed by atoms with E-state index in [9.17, 15) is 4.79 Å². The smallest absolute Gasteiger partial charge is 0.224 e. The predicted octanol–water partition coefficient (Wildman–Crippen LogP) is 2.00. The fourth-order valence-corrected chi connectivity index (χ4v) is 3.43. The number of carbonyl (C=O) groups excluding carboxylic acids is 1. The lowest BCUT2D eigenvalue weighted by atomic mass is 9.98. The molecule has 1 aromatic rings. The normalized spacial score (nSPS) is 21.1. The van der Waals surface area contributed by atoms with Gasteiger partial charge in [0.1, 0.15) is 5.75 Å². The summed E-state index contributed by atoms with van der Waals surface area (Å²) < 4.78 is 6.72. The minimum atomic E-state index is 0.102. The first-order valence-electron chi connectivity index (χ1n) is 7.16. The molecule has 0 aliphatic carbocycles. The third-order valence-electron chi connectivity index (χ3n) is 3.95. The lowest BCUT2D eigenvalue weighted by Crippen LogP contribution is -2.40. The molecule has 1 amide bonds. The second-order valence-electron chi connectivity index (χ2n) is 5.41. The van der Waals surface area contributed by atoms with Crippen molar-refractivity contribution in [1.29, 1.82) is 0 Å². The van der Waals surface area contributed by atoms with Gasteiger partial charge in [-0.25, -0.2) is 0 Å². The maximum atomic E-state index is 12.2. The van der Waals surface area contributed by atoms with E-state index in [1.807, 2.05) is 6.07 Å². The topological polar surface area (TPSA) is 50.4 Å². The minimum Gasteiger partial charge on any atom is -0.493 e. The van der Waals surface area contributed by atoms with Crippen molar-refractivity contribution in [1.82, 2.24) is 10.6 Å². The van der Waals surface area contributed by atoms with Gasteiger partial charge in [0, 0.05) is 29.5 Å². The Morgan fingerprint density at radius 1 is 1.50 bits per heavy atom. The summed E-state index contributed by atoms with van der Waals surface area (Å²) in [4.78, 5) is 12.2. The summed E-state index contributed by atoms with van der Waals surface area (Å²) in [5, 5.41) is 6.32. The van der Waals surface area contributed by atoms with Crippen LogP contribution >= 0.6 is 15.9 Å². The molecule has 20 heavy (non-hydrogen) atoms. The van der Waals surface area contributed by atoms with Gasteiger partial charge < -0.3 is 15.4 Å². The Hall–Kier alpha value is -1.07. The zero-order valence-electron chi connectivity index (χ0n) is 11.4. The fourth-order valence-electron chi connectivity index (χ4n) is 2.88. The number of benzene rings is 1. The number of fused-ring (bicyclic) bond motifs is 1. The van der Waals surface area contributed by atoms with E-state index < -0.39 is 0 Å². The van der Waals surface area contributed by atoms with Crippen molar-refractivity contribution in [2.75, 3.05) is 19.7 Å². The summed E-state index contributed by atoms with van der Waals surface area (Å²) in [5.74, 6) is 1.20. The number of hydrogen-bond acceptors (Lipinski definition) is 3. The lowest BCUT2D eigenvalue weighted by molar-refractivity contribution is -0.125. The highest BCUT2D eigenvalue weighted by atomic mass is 79.9. The molecule has 1 saturated heterocycles. The van der Waals surface area contributed by atoms with Crippen molar-refractivity contribution in [2.24, 2.45) is 5.92 Å². The molecule has 0 unspecified atom stereocenters. The highest BCUT2D eigenvalue weighted by Gasteiger charge is 2.22. The standard InChI is InChI=1S/C15H19BrN2O2/c16-13-6-10-3-5-20-14(10)12(7-13)9-18-15(19)11-2-1-4-17-8-11/h6-7,11,17H,1-5,8-9H2,(H,18,19)/t11-/m1/s1. The number of hydrogen-bond donors (Lipinski definition) is 2. The van der Waals surface area contributed by atoms with E-state index in [-0.39, 0.29) is 11.8 Å². The van der Waals surface area contributed by atoms with Gasteiger partial charge in [0.05, 0.1) is 12.5 Å². The molecule has 1 aromatic carbocycles. The maximum absolute atomic E-state index is 12.2.